The van der Waals surface area contributed by atoms with Crippen LogP contribution >= 0.6 is 23.4 Å². The zero-order valence-electron chi connectivity index (χ0n) is 19.6. The molecule has 0 bridgehead atoms. The second kappa shape index (κ2) is 9.97. The van der Waals surface area contributed by atoms with Crippen LogP contribution in [0.15, 0.2) is 47.5 Å². The van der Waals surface area contributed by atoms with Crippen LogP contribution in [0.3, 0.4) is 0 Å². The fourth-order valence-corrected chi connectivity index (χ4v) is 5.55. The Kier molecular flexibility index (Phi) is 6.99. The number of carbonyl (C=O) groups is 2. The summed E-state index contributed by atoms with van der Waals surface area (Å²) in [6.07, 6.45) is -1.75. The Morgan fingerprint density at radius 3 is 2.61 bits per heavy atom. The van der Waals surface area contributed by atoms with Gasteiger partial charge >= 0.3 is 6.18 Å². The Balaban J connectivity index is 1.31. The Hall–Kier alpha value is -2.96. The molecule has 2 amide bonds. The smallest absolute Gasteiger partial charge is 0.295 e. The number of likely N-dealkylation sites (tertiary alicyclic amines) is 1. The predicted molar refractivity (Wildman–Crippen MR) is 134 cm³/mol. The molecule has 13 heteroatoms. The fourth-order valence-electron chi connectivity index (χ4n) is 4.52. The van der Waals surface area contributed by atoms with Gasteiger partial charge < -0.3 is 0 Å². The van der Waals surface area contributed by atoms with Crippen molar-refractivity contribution in [3.63, 3.8) is 0 Å². The van der Waals surface area contributed by atoms with Gasteiger partial charge in [0.15, 0.2) is 0 Å². The molecule has 5 rings (SSSR count). The number of halogens is 6. The lowest BCUT2D eigenvalue weighted by Gasteiger charge is -2.19. The van der Waals surface area contributed by atoms with Gasteiger partial charge in [0, 0.05) is 36.5 Å². The fraction of sp³-hybridized carbons (Fsp3) is 0.320. The van der Waals surface area contributed by atoms with Crippen LogP contribution in [0.25, 0.3) is 17.0 Å². The first-order valence-electron chi connectivity index (χ1n) is 11.6. The highest BCUT2D eigenvalue weighted by Gasteiger charge is 2.40. The normalized spacial score (nSPS) is 19.4. The van der Waals surface area contributed by atoms with Crippen LogP contribution in [0.1, 0.15) is 23.1 Å². The Morgan fingerprint density at radius 1 is 1.11 bits per heavy atom. The summed E-state index contributed by atoms with van der Waals surface area (Å²) in [5, 5.41) is 4.37. The molecule has 6 nitrogen and oxygen atoms in total. The molecular weight excluding hydrogens is 551 g/mol. The van der Waals surface area contributed by atoms with Crippen LogP contribution in [0.2, 0.25) is 5.02 Å². The topological polar surface area (TPSA) is 58.4 Å². The van der Waals surface area contributed by atoms with Gasteiger partial charge in [-0.2, -0.15) is 18.3 Å². The Morgan fingerprint density at radius 2 is 1.89 bits per heavy atom. The van der Waals surface area contributed by atoms with E-state index < -0.39 is 28.8 Å². The number of benzene rings is 2. The van der Waals surface area contributed by atoms with E-state index in [2.05, 4.69) is 5.10 Å². The molecule has 0 atom stereocenters. The van der Waals surface area contributed by atoms with Crippen molar-refractivity contribution in [3.8, 4) is 0 Å². The SMILES string of the molecule is O=C1S/C(=C\c2ccc3c(cnn3Cc3ccc(Cl)cc3C(F)(F)F)c2)C(=O)N1CCN1CCC(F)(F)C1. The summed E-state index contributed by atoms with van der Waals surface area (Å²) in [5.74, 6) is -3.25. The minimum Gasteiger partial charge on any atom is -0.295 e. The van der Waals surface area contributed by atoms with Crippen molar-refractivity contribution in [1.29, 1.82) is 0 Å². The van der Waals surface area contributed by atoms with E-state index in [9.17, 15) is 31.5 Å². The van der Waals surface area contributed by atoms with Crippen molar-refractivity contribution in [1.82, 2.24) is 19.6 Å². The summed E-state index contributed by atoms with van der Waals surface area (Å²) < 4.78 is 68.7. The molecule has 0 N–H and O–H groups in total. The van der Waals surface area contributed by atoms with Crippen LogP contribution in [0.4, 0.5) is 26.7 Å². The summed E-state index contributed by atoms with van der Waals surface area (Å²) in [6, 6.07) is 8.66. The van der Waals surface area contributed by atoms with Gasteiger partial charge in [-0.1, -0.05) is 23.7 Å². The molecule has 0 saturated carbocycles. The van der Waals surface area contributed by atoms with E-state index >= 15 is 0 Å². The zero-order valence-corrected chi connectivity index (χ0v) is 21.2. The molecule has 3 aromatic rings. The minimum absolute atomic E-state index is 0.0157. The average molecular weight is 571 g/mol. The highest BCUT2D eigenvalue weighted by atomic mass is 35.5. The first-order chi connectivity index (χ1) is 17.9. The maximum Gasteiger partial charge on any atom is 0.416 e. The quantitative estimate of drug-likeness (QED) is 0.263. The molecule has 2 fully saturated rings. The molecule has 0 spiro atoms. The lowest BCUT2D eigenvalue weighted by molar-refractivity contribution is -0.138. The largest absolute Gasteiger partial charge is 0.416 e. The van der Waals surface area contributed by atoms with Gasteiger partial charge in [-0.15, -0.1) is 0 Å². The van der Waals surface area contributed by atoms with Crippen molar-refractivity contribution in [2.45, 2.75) is 25.1 Å². The second-order valence-corrected chi connectivity index (χ2v) is 10.6. The molecule has 2 saturated heterocycles. The zero-order chi connectivity index (χ0) is 27.2. The lowest BCUT2D eigenvalue weighted by atomic mass is 10.1. The van der Waals surface area contributed by atoms with Crippen molar-refractivity contribution >= 4 is 51.5 Å². The molecule has 1 aromatic heterocycles. The maximum atomic E-state index is 13.5. The summed E-state index contributed by atoms with van der Waals surface area (Å²) >= 11 is 6.54. The number of alkyl halides is 5. The number of amides is 2. The molecule has 3 heterocycles. The number of aromatic nitrogens is 2. The lowest BCUT2D eigenvalue weighted by Crippen LogP contribution is -2.37. The predicted octanol–water partition coefficient (Wildman–Crippen LogP) is 6.13. The highest BCUT2D eigenvalue weighted by molar-refractivity contribution is 8.18. The number of thioether (sulfide) groups is 1. The van der Waals surface area contributed by atoms with E-state index in [1.807, 2.05) is 0 Å². The minimum atomic E-state index is -4.57. The van der Waals surface area contributed by atoms with E-state index in [4.69, 9.17) is 11.6 Å². The number of hydrogen-bond donors (Lipinski definition) is 0. The van der Waals surface area contributed by atoms with E-state index in [-0.39, 0.29) is 54.6 Å². The van der Waals surface area contributed by atoms with Gasteiger partial charge in [-0.25, -0.2) is 8.78 Å². The Bertz CT molecular complexity index is 1460. The van der Waals surface area contributed by atoms with Crippen molar-refractivity contribution in [2.24, 2.45) is 0 Å². The van der Waals surface area contributed by atoms with Crippen LogP contribution in [-0.4, -0.2) is 62.8 Å². The van der Waals surface area contributed by atoms with Gasteiger partial charge in [0.1, 0.15) is 0 Å². The molecule has 2 aromatic carbocycles. The van der Waals surface area contributed by atoms with Gasteiger partial charge in [0.25, 0.3) is 17.1 Å². The van der Waals surface area contributed by atoms with Gasteiger partial charge in [-0.3, -0.25) is 24.1 Å². The number of carbonyl (C=O) groups excluding carboxylic acids is 2. The molecule has 2 aliphatic rings. The molecule has 2 aliphatic heterocycles. The van der Waals surface area contributed by atoms with Crippen LogP contribution in [-0.2, 0) is 17.5 Å². The first kappa shape index (κ1) is 26.6. The third-order valence-electron chi connectivity index (χ3n) is 6.42. The molecule has 38 heavy (non-hydrogen) atoms. The first-order valence-corrected chi connectivity index (χ1v) is 12.8. The molecular formula is C25H20ClF5N4O2S. The Labute approximate surface area is 223 Å². The van der Waals surface area contributed by atoms with Crippen molar-refractivity contribution in [3.05, 3.63) is 69.2 Å². The van der Waals surface area contributed by atoms with Gasteiger partial charge in [-0.05, 0) is 53.2 Å². The number of nitrogens with zero attached hydrogens (tertiary/aromatic N) is 4. The van der Waals surface area contributed by atoms with E-state index in [0.29, 0.717) is 16.5 Å². The maximum absolute atomic E-state index is 13.5. The number of rotatable bonds is 6. The van der Waals surface area contributed by atoms with E-state index in [0.717, 1.165) is 22.7 Å². The number of hydrogen-bond acceptors (Lipinski definition) is 5. The third-order valence-corrected chi connectivity index (χ3v) is 7.57. The number of imide groups is 1. The monoisotopic (exact) mass is 570 g/mol. The van der Waals surface area contributed by atoms with Crippen LogP contribution in [0, 0.1) is 0 Å². The standard InChI is InChI=1S/C25H20ClF5N4O2S/c26-18-3-2-16(19(11-18)25(29,30)31)13-35-20-4-1-15(9-17(20)12-32-35)10-21-22(36)34(23(37)38-21)8-7-33-6-5-24(27,28)14-33/h1-4,9-12H,5-8,13-14H2/b21-10-. The van der Waals surface area contributed by atoms with Crippen molar-refractivity contribution < 1.29 is 31.5 Å². The van der Waals surface area contributed by atoms with Crippen LogP contribution in [0.5, 0.6) is 0 Å². The highest BCUT2D eigenvalue weighted by Crippen LogP contribution is 2.35. The average Bonchev–Trinajstić information content (AvgIpc) is 3.48. The second-order valence-electron chi connectivity index (χ2n) is 9.14. The summed E-state index contributed by atoms with van der Waals surface area (Å²) in [6.45, 7) is -0.106. The summed E-state index contributed by atoms with van der Waals surface area (Å²) in [4.78, 5) is 28.0. The van der Waals surface area contributed by atoms with E-state index in [1.54, 1.807) is 24.3 Å². The molecule has 0 radical (unpaired) electrons. The third kappa shape index (κ3) is 5.57. The van der Waals surface area contributed by atoms with E-state index in [1.165, 1.54) is 27.9 Å². The summed E-state index contributed by atoms with van der Waals surface area (Å²) in [5.41, 5.74) is 0.367. The van der Waals surface area contributed by atoms with Gasteiger partial charge in [0.05, 0.1) is 35.3 Å². The molecule has 200 valence electrons. The van der Waals surface area contributed by atoms with Crippen LogP contribution < -0.4 is 0 Å². The molecule has 0 aliphatic carbocycles. The summed E-state index contributed by atoms with van der Waals surface area (Å²) in [7, 11) is 0. The number of fused-ring (bicyclic) bond motifs is 1. The molecule has 0 unspecified atom stereocenters. The van der Waals surface area contributed by atoms with Crippen molar-refractivity contribution in [2.75, 3.05) is 26.2 Å². The van der Waals surface area contributed by atoms with Gasteiger partial charge in [0.2, 0.25) is 0 Å².